The minimum atomic E-state index is 0.579. The third-order valence-corrected chi connectivity index (χ3v) is 4.83. The van der Waals surface area contributed by atoms with E-state index in [9.17, 15) is 5.26 Å². The maximum atomic E-state index is 9.25. The van der Waals surface area contributed by atoms with Crippen molar-refractivity contribution in [3.63, 3.8) is 0 Å². The molecule has 3 aromatic rings. The van der Waals surface area contributed by atoms with Crippen molar-refractivity contribution in [2.75, 3.05) is 42.3 Å². The third kappa shape index (κ3) is 4.21. The first-order valence-corrected chi connectivity index (χ1v) is 9.60. The van der Waals surface area contributed by atoms with Crippen molar-refractivity contribution >= 4 is 29.4 Å². The largest absolute Gasteiger partial charge is 0.398 e. The number of nitriles is 1. The molecule has 0 saturated carbocycles. The van der Waals surface area contributed by atoms with Crippen molar-refractivity contribution in [3.05, 3.63) is 59.7 Å². The van der Waals surface area contributed by atoms with Gasteiger partial charge in [-0.3, -0.25) is 5.41 Å². The lowest BCUT2D eigenvalue weighted by Gasteiger charge is -2.27. The van der Waals surface area contributed by atoms with Crippen LogP contribution in [0.15, 0.2) is 48.5 Å². The van der Waals surface area contributed by atoms with E-state index >= 15 is 0 Å². The Morgan fingerprint density at radius 3 is 2.73 bits per heavy atom. The van der Waals surface area contributed by atoms with E-state index in [2.05, 4.69) is 16.3 Å². The van der Waals surface area contributed by atoms with Crippen molar-refractivity contribution < 1.29 is 10.1 Å². The Morgan fingerprint density at radius 1 is 1.13 bits per heavy atom. The van der Waals surface area contributed by atoms with Crippen molar-refractivity contribution in [1.29, 1.82) is 5.26 Å². The summed E-state index contributed by atoms with van der Waals surface area (Å²) in [5.74, 6) is 1.25. The van der Waals surface area contributed by atoms with Crippen LogP contribution in [0, 0.1) is 11.3 Å². The molecule has 1 aliphatic rings. The number of morpholine rings is 1. The third-order valence-electron chi connectivity index (χ3n) is 4.83. The Labute approximate surface area is 174 Å². The van der Waals surface area contributed by atoms with Gasteiger partial charge in [-0.2, -0.15) is 10.2 Å². The predicted octanol–water partition coefficient (Wildman–Crippen LogP) is 1.36. The first kappa shape index (κ1) is 19.4. The van der Waals surface area contributed by atoms with Crippen LogP contribution in [0.1, 0.15) is 11.1 Å². The van der Waals surface area contributed by atoms with Gasteiger partial charge in [0.15, 0.2) is 6.21 Å². The van der Waals surface area contributed by atoms with E-state index < -0.39 is 0 Å². The molecule has 8 heteroatoms. The molecule has 2 aromatic carbocycles. The average molecular weight is 400 g/mol. The maximum absolute atomic E-state index is 9.25. The quantitative estimate of drug-likeness (QED) is 0.436. The van der Waals surface area contributed by atoms with Gasteiger partial charge >= 0.3 is 0 Å². The summed E-state index contributed by atoms with van der Waals surface area (Å²) >= 11 is 0. The van der Waals surface area contributed by atoms with Crippen LogP contribution >= 0.6 is 0 Å². The van der Waals surface area contributed by atoms with Crippen LogP contribution in [0.2, 0.25) is 0 Å². The number of hydrogen-bond acceptors (Lipinski definition) is 7. The van der Waals surface area contributed by atoms with Crippen LogP contribution in [0.25, 0.3) is 11.3 Å². The van der Waals surface area contributed by atoms with E-state index in [1.807, 2.05) is 36.4 Å². The lowest BCUT2D eigenvalue weighted by atomic mass is 10.1. The number of anilines is 4. The van der Waals surface area contributed by atoms with Crippen molar-refractivity contribution in [2.24, 2.45) is 0 Å². The standard InChI is InChI=1S/C22H21N7O/c23-13-15-2-1-3-16(10-15)20-12-21(26-18-4-5-19(25)17(11-18)14-24)28-22(27-20)29-6-8-30-9-7-29/h1-5,10-12,14,24H,6-9,25H2,(H,26,27,28)/p+1. The van der Waals surface area contributed by atoms with Crippen molar-refractivity contribution in [2.45, 2.75) is 0 Å². The van der Waals surface area contributed by atoms with E-state index in [-0.39, 0.29) is 0 Å². The average Bonchev–Trinajstić information content (AvgIpc) is 2.80. The Hall–Kier alpha value is -3.96. The number of ether oxygens (including phenoxy) is 1. The first-order chi connectivity index (χ1) is 14.7. The Morgan fingerprint density at radius 2 is 1.97 bits per heavy atom. The number of rotatable bonds is 5. The number of nitrogens with one attached hydrogen (secondary N) is 1. The molecule has 0 bridgehead atoms. The first-order valence-electron chi connectivity index (χ1n) is 9.60. The molecule has 1 aliphatic heterocycles. The number of aromatic nitrogens is 2. The minimum Gasteiger partial charge on any atom is -0.398 e. The van der Waals surface area contributed by atoms with Gasteiger partial charge in [0, 0.05) is 36.1 Å². The molecular formula is C22H22N7O+. The van der Waals surface area contributed by atoms with Gasteiger partial charge in [0.25, 0.3) is 0 Å². The van der Waals surface area contributed by atoms with Crippen LogP contribution in [-0.4, -0.2) is 42.5 Å². The van der Waals surface area contributed by atoms with Gasteiger partial charge in [-0.1, -0.05) is 12.1 Å². The van der Waals surface area contributed by atoms with Gasteiger partial charge in [0.1, 0.15) is 5.82 Å². The summed E-state index contributed by atoms with van der Waals surface area (Å²) in [5, 5.41) is 18.2. The van der Waals surface area contributed by atoms with Gasteiger partial charge in [0.05, 0.1) is 36.1 Å². The van der Waals surface area contributed by atoms with E-state index in [0.717, 1.165) is 35.6 Å². The lowest BCUT2D eigenvalue weighted by Crippen LogP contribution is -2.37. The summed E-state index contributed by atoms with van der Waals surface area (Å²) in [6, 6.07) is 16.9. The molecule has 1 fully saturated rings. The molecule has 150 valence electrons. The van der Waals surface area contributed by atoms with Crippen molar-refractivity contribution in [1.82, 2.24) is 9.97 Å². The Kier molecular flexibility index (Phi) is 5.54. The molecule has 30 heavy (non-hydrogen) atoms. The number of benzene rings is 2. The topological polar surface area (TPSA) is 126 Å². The van der Waals surface area contributed by atoms with Crippen LogP contribution in [0.5, 0.6) is 0 Å². The number of nitrogens with two attached hydrogens (primary N) is 2. The molecule has 0 radical (unpaired) electrons. The number of nitrogen functional groups attached to an aromatic ring is 1. The smallest absolute Gasteiger partial charge is 0.228 e. The molecule has 2 heterocycles. The van der Waals surface area contributed by atoms with Gasteiger partial charge in [-0.05, 0) is 30.3 Å². The monoisotopic (exact) mass is 400 g/mol. The normalized spacial score (nSPS) is 13.5. The zero-order chi connectivity index (χ0) is 20.9. The number of nitrogens with zero attached hydrogens (tertiary/aromatic N) is 4. The fraction of sp³-hybridized carbons (Fsp3) is 0.182. The second kappa shape index (κ2) is 8.59. The summed E-state index contributed by atoms with van der Waals surface area (Å²) < 4.78 is 5.45. The zero-order valence-corrected chi connectivity index (χ0v) is 16.4. The highest BCUT2D eigenvalue weighted by molar-refractivity contribution is 5.85. The molecule has 0 unspecified atom stereocenters. The Bertz CT molecular complexity index is 1120. The fourth-order valence-electron chi connectivity index (χ4n) is 3.24. The van der Waals surface area contributed by atoms with Gasteiger partial charge in [0.2, 0.25) is 5.95 Å². The summed E-state index contributed by atoms with van der Waals surface area (Å²) in [4.78, 5) is 11.6. The summed E-state index contributed by atoms with van der Waals surface area (Å²) in [7, 11) is 0. The summed E-state index contributed by atoms with van der Waals surface area (Å²) in [5.41, 5.74) is 10.2. The highest BCUT2D eigenvalue weighted by Gasteiger charge is 2.17. The molecule has 4 rings (SSSR count). The van der Waals surface area contributed by atoms with Gasteiger partial charge in [-0.15, -0.1) is 0 Å². The van der Waals surface area contributed by atoms with E-state index in [1.54, 1.807) is 12.1 Å². The molecule has 0 aliphatic carbocycles. The summed E-state index contributed by atoms with van der Waals surface area (Å²) in [6.07, 6.45) is 1.47. The van der Waals surface area contributed by atoms with Crippen LogP contribution in [-0.2, 0) is 4.74 Å². The molecule has 1 saturated heterocycles. The molecular weight excluding hydrogens is 378 g/mol. The highest BCUT2D eigenvalue weighted by atomic mass is 16.5. The second-order valence-electron chi connectivity index (χ2n) is 6.87. The summed E-state index contributed by atoms with van der Waals surface area (Å²) in [6.45, 7) is 2.70. The van der Waals surface area contributed by atoms with Crippen LogP contribution < -0.4 is 21.4 Å². The second-order valence-corrected chi connectivity index (χ2v) is 6.87. The molecule has 0 spiro atoms. The fourth-order valence-corrected chi connectivity index (χ4v) is 3.24. The predicted molar refractivity (Wildman–Crippen MR) is 116 cm³/mol. The minimum absolute atomic E-state index is 0.579. The van der Waals surface area contributed by atoms with Gasteiger partial charge < -0.3 is 20.7 Å². The highest BCUT2D eigenvalue weighted by Crippen LogP contribution is 2.27. The van der Waals surface area contributed by atoms with E-state index in [1.165, 1.54) is 6.21 Å². The molecule has 0 amide bonds. The van der Waals surface area contributed by atoms with E-state index in [4.69, 9.17) is 25.8 Å². The van der Waals surface area contributed by atoms with Crippen LogP contribution in [0.3, 0.4) is 0 Å². The van der Waals surface area contributed by atoms with E-state index in [0.29, 0.717) is 36.2 Å². The Balaban J connectivity index is 1.75. The van der Waals surface area contributed by atoms with Gasteiger partial charge in [-0.25, -0.2) is 4.98 Å². The maximum Gasteiger partial charge on any atom is 0.228 e. The molecule has 1 aromatic heterocycles. The molecule has 8 nitrogen and oxygen atoms in total. The zero-order valence-electron chi connectivity index (χ0n) is 16.4. The molecule has 0 atom stereocenters. The van der Waals surface area contributed by atoms with Crippen LogP contribution in [0.4, 0.5) is 23.1 Å². The molecule has 5 N–H and O–H groups in total. The number of hydrogen-bond donors (Lipinski definition) is 3. The SMILES string of the molecule is N#Cc1cccc(-c2cc(Nc3ccc(N)c(C=[NH2+])c3)nc(N3CCOCC3)n2)c1. The lowest BCUT2D eigenvalue weighted by molar-refractivity contribution is -0.104. The van der Waals surface area contributed by atoms with Crippen molar-refractivity contribution in [3.8, 4) is 17.3 Å².